The molecule has 0 aliphatic heterocycles. The molecule has 0 saturated carbocycles. The van der Waals surface area contributed by atoms with E-state index in [2.05, 4.69) is 5.32 Å². The van der Waals surface area contributed by atoms with Crippen LogP contribution in [0.15, 0.2) is 48.5 Å². The molecule has 0 fully saturated rings. The Kier molecular flexibility index (Phi) is 6.17. The van der Waals surface area contributed by atoms with Gasteiger partial charge in [0.15, 0.2) is 0 Å². The van der Waals surface area contributed by atoms with Crippen LogP contribution in [0.1, 0.15) is 42.3 Å². The van der Waals surface area contributed by atoms with Crippen LogP contribution in [0.5, 0.6) is 0 Å². The summed E-state index contributed by atoms with van der Waals surface area (Å²) in [5.74, 6) is -0.543. The highest BCUT2D eigenvalue weighted by Crippen LogP contribution is 2.29. The molecule has 150 valence electrons. The molecule has 0 bridgehead atoms. The minimum absolute atomic E-state index is 0.0291. The molecular formula is C21H23F3N2O2. The van der Waals surface area contributed by atoms with Crippen molar-refractivity contribution in [3.63, 3.8) is 0 Å². The lowest BCUT2D eigenvalue weighted by Crippen LogP contribution is -2.28. The number of nitrogens with zero attached hydrogens (tertiary/aromatic N) is 1. The monoisotopic (exact) mass is 392 g/mol. The first-order chi connectivity index (χ1) is 12.9. The molecule has 4 nitrogen and oxygen atoms in total. The van der Waals surface area contributed by atoms with Gasteiger partial charge in [-0.15, -0.1) is 0 Å². The quantitative estimate of drug-likeness (QED) is 0.799. The molecule has 7 heteroatoms. The molecule has 28 heavy (non-hydrogen) atoms. The van der Waals surface area contributed by atoms with Crippen LogP contribution in [0.3, 0.4) is 0 Å². The van der Waals surface area contributed by atoms with Gasteiger partial charge in [-0.1, -0.05) is 39.0 Å². The zero-order chi connectivity index (χ0) is 21.1. The van der Waals surface area contributed by atoms with Crippen molar-refractivity contribution in [1.82, 2.24) is 4.90 Å². The molecule has 0 aliphatic rings. The summed E-state index contributed by atoms with van der Waals surface area (Å²) < 4.78 is 38.5. The van der Waals surface area contributed by atoms with Gasteiger partial charge in [-0.2, -0.15) is 13.2 Å². The zero-order valence-electron chi connectivity index (χ0n) is 16.2. The van der Waals surface area contributed by atoms with Gasteiger partial charge in [0, 0.05) is 30.3 Å². The normalized spacial score (nSPS) is 11.8. The summed E-state index contributed by atoms with van der Waals surface area (Å²) in [5.41, 5.74) is -0.139. The molecule has 0 heterocycles. The Morgan fingerprint density at radius 1 is 1.00 bits per heavy atom. The van der Waals surface area contributed by atoms with Crippen LogP contribution < -0.4 is 5.32 Å². The van der Waals surface area contributed by atoms with Crippen molar-refractivity contribution in [3.8, 4) is 0 Å². The highest BCUT2D eigenvalue weighted by molar-refractivity contribution is 5.98. The van der Waals surface area contributed by atoms with E-state index < -0.39 is 17.2 Å². The number of carbonyl (C=O) groups is 2. The fraction of sp³-hybridized carbons (Fsp3) is 0.333. The van der Waals surface area contributed by atoms with Crippen molar-refractivity contribution >= 4 is 17.5 Å². The molecule has 0 saturated heterocycles. The van der Waals surface area contributed by atoms with Gasteiger partial charge in [0.25, 0.3) is 5.91 Å². The van der Waals surface area contributed by atoms with Crippen LogP contribution in [-0.4, -0.2) is 23.8 Å². The smallest absolute Gasteiger partial charge is 0.337 e. The number of nitrogens with one attached hydrogen (secondary N) is 1. The maximum Gasteiger partial charge on any atom is 0.416 e. The van der Waals surface area contributed by atoms with Crippen molar-refractivity contribution in [2.24, 2.45) is 5.41 Å². The Labute approximate surface area is 162 Å². The SMILES string of the molecule is CN(Cc1cccc(C(F)(F)F)c1)C(=O)c1cccc(NC(=O)C(C)(C)C)c1. The summed E-state index contributed by atoms with van der Waals surface area (Å²) in [6, 6.07) is 11.3. The van der Waals surface area contributed by atoms with E-state index in [1.54, 1.807) is 51.1 Å². The zero-order valence-corrected chi connectivity index (χ0v) is 16.2. The first kappa shape index (κ1) is 21.5. The van der Waals surface area contributed by atoms with E-state index in [1.165, 1.54) is 18.0 Å². The predicted octanol–water partition coefficient (Wildman–Crippen LogP) is 4.96. The van der Waals surface area contributed by atoms with Crippen molar-refractivity contribution in [2.75, 3.05) is 12.4 Å². The molecule has 0 unspecified atom stereocenters. The Morgan fingerprint density at radius 3 is 2.25 bits per heavy atom. The van der Waals surface area contributed by atoms with Crippen molar-refractivity contribution < 1.29 is 22.8 Å². The number of amides is 2. The number of hydrogen-bond donors (Lipinski definition) is 1. The molecule has 1 N–H and O–H groups in total. The van der Waals surface area contributed by atoms with Crippen LogP contribution >= 0.6 is 0 Å². The Bertz CT molecular complexity index is 870. The van der Waals surface area contributed by atoms with Gasteiger partial charge in [-0.25, -0.2) is 0 Å². The first-order valence-corrected chi connectivity index (χ1v) is 8.71. The van der Waals surface area contributed by atoms with Crippen LogP contribution in [0.25, 0.3) is 0 Å². The average molecular weight is 392 g/mol. The summed E-state index contributed by atoms with van der Waals surface area (Å²) >= 11 is 0. The molecule has 0 spiro atoms. The Morgan fingerprint density at radius 2 is 1.64 bits per heavy atom. The van der Waals surface area contributed by atoms with Crippen LogP contribution in [0, 0.1) is 5.41 Å². The second kappa shape index (κ2) is 8.04. The molecule has 2 rings (SSSR count). The standard InChI is InChI=1S/C21H23F3N2O2/c1-20(2,3)19(28)25-17-10-6-8-15(12-17)18(27)26(4)13-14-7-5-9-16(11-14)21(22,23)24/h5-12H,13H2,1-4H3,(H,25,28). The Hall–Kier alpha value is -2.83. The third kappa shape index (κ3) is 5.58. The topological polar surface area (TPSA) is 49.4 Å². The highest BCUT2D eigenvalue weighted by Gasteiger charge is 2.30. The van der Waals surface area contributed by atoms with Crippen LogP contribution in [0.4, 0.5) is 18.9 Å². The van der Waals surface area contributed by atoms with Crippen molar-refractivity contribution in [3.05, 3.63) is 65.2 Å². The molecule has 0 aliphatic carbocycles. The van der Waals surface area contributed by atoms with Crippen LogP contribution in [-0.2, 0) is 17.5 Å². The lowest BCUT2D eigenvalue weighted by Gasteiger charge is -2.20. The van der Waals surface area contributed by atoms with Gasteiger partial charge in [-0.05, 0) is 35.9 Å². The maximum absolute atomic E-state index is 12.8. The first-order valence-electron chi connectivity index (χ1n) is 8.71. The van der Waals surface area contributed by atoms with Gasteiger partial charge in [0.1, 0.15) is 0 Å². The van der Waals surface area contributed by atoms with E-state index in [9.17, 15) is 22.8 Å². The largest absolute Gasteiger partial charge is 0.416 e. The summed E-state index contributed by atoms with van der Waals surface area (Å²) in [6.07, 6.45) is -4.43. The van der Waals surface area contributed by atoms with E-state index >= 15 is 0 Å². The summed E-state index contributed by atoms with van der Waals surface area (Å²) in [6.45, 7) is 5.36. The van der Waals surface area contributed by atoms with Gasteiger partial charge in [-0.3, -0.25) is 9.59 Å². The summed E-state index contributed by atoms with van der Waals surface area (Å²) in [7, 11) is 1.52. The van der Waals surface area contributed by atoms with E-state index in [0.717, 1.165) is 12.1 Å². The minimum Gasteiger partial charge on any atom is -0.337 e. The summed E-state index contributed by atoms with van der Waals surface area (Å²) in [5, 5.41) is 2.76. The second-order valence-electron chi connectivity index (χ2n) is 7.64. The third-order valence-electron chi connectivity index (χ3n) is 4.07. The van der Waals surface area contributed by atoms with E-state index in [-0.39, 0.29) is 18.4 Å². The minimum atomic E-state index is -4.43. The summed E-state index contributed by atoms with van der Waals surface area (Å²) in [4.78, 5) is 26.1. The van der Waals surface area contributed by atoms with Gasteiger partial charge in [0.05, 0.1) is 5.56 Å². The fourth-order valence-electron chi connectivity index (χ4n) is 2.46. The number of anilines is 1. The van der Waals surface area contributed by atoms with Crippen LogP contribution in [0.2, 0.25) is 0 Å². The van der Waals surface area contributed by atoms with E-state index in [4.69, 9.17) is 0 Å². The average Bonchev–Trinajstić information content (AvgIpc) is 2.60. The fourth-order valence-corrected chi connectivity index (χ4v) is 2.46. The van der Waals surface area contributed by atoms with Gasteiger partial charge >= 0.3 is 6.18 Å². The van der Waals surface area contributed by atoms with E-state index in [0.29, 0.717) is 16.8 Å². The van der Waals surface area contributed by atoms with Gasteiger partial charge < -0.3 is 10.2 Å². The molecule has 2 amide bonds. The number of carbonyl (C=O) groups excluding carboxylic acids is 2. The Balaban J connectivity index is 2.13. The molecule has 2 aromatic carbocycles. The molecule has 2 aromatic rings. The predicted molar refractivity (Wildman–Crippen MR) is 102 cm³/mol. The number of benzene rings is 2. The second-order valence-corrected chi connectivity index (χ2v) is 7.64. The van der Waals surface area contributed by atoms with Crippen molar-refractivity contribution in [2.45, 2.75) is 33.5 Å². The maximum atomic E-state index is 12.8. The molecule has 0 atom stereocenters. The number of hydrogen-bond acceptors (Lipinski definition) is 2. The molecule has 0 aromatic heterocycles. The molecule has 0 radical (unpaired) electrons. The number of rotatable bonds is 4. The molecular weight excluding hydrogens is 369 g/mol. The van der Waals surface area contributed by atoms with E-state index in [1.807, 2.05) is 0 Å². The van der Waals surface area contributed by atoms with Crippen molar-refractivity contribution in [1.29, 1.82) is 0 Å². The lowest BCUT2D eigenvalue weighted by molar-refractivity contribution is -0.137. The number of alkyl halides is 3. The number of halogens is 3. The van der Waals surface area contributed by atoms with Gasteiger partial charge in [0.2, 0.25) is 5.91 Å². The lowest BCUT2D eigenvalue weighted by atomic mass is 9.95. The third-order valence-corrected chi connectivity index (χ3v) is 4.07. The highest BCUT2D eigenvalue weighted by atomic mass is 19.4.